The predicted octanol–water partition coefficient (Wildman–Crippen LogP) is 3.61. The van der Waals surface area contributed by atoms with E-state index in [0.29, 0.717) is 24.7 Å². The normalized spacial score (nSPS) is 12.8. The molecule has 34 heavy (non-hydrogen) atoms. The van der Waals surface area contributed by atoms with Crippen molar-refractivity contribution in [1.29, 1.82) is 0 Å². The monoisotopic (exact) mass is 538 g/mol. The lowest BCUT2D eigenvalue weighted by Gasteiger charge is -2.23. The lowest BCUT2D eigenvalue weighted by Crippen LogP contribution is -2.37. The second-order valence-corrected chi connectivity index (χ2v) is 12.3. The molecule has 0 bridgehead atoms. The zero-order valence-corrected chi connectivity index (χ0v) is 23.0. The molecule has 0 aliphatic rings. The zero-order valence-electron chi connectivity index (χ0n) is 21.2. The highest BCUT2D eigenvalue weighted by molar-refractivity contribution is 7.61. The Labute approximate surface area is 204 Å². The van der Waals surface area contributed by atoms with Crippen molar-refractivity contribution in [2.45, 2.75) is 79.1 Å². The van der Waals surface area contributed by atoms with Gasteiger partial charge in [0.25, 0.3) is 0 Å². The second-order valence-electron chi connectivity index (χ2n) is 9.30. The van der Waals surface area contributed by atoms with Crippen LogP contribution in [0.4, 0.5) is 0 Å². The van der Waals surface area contributed by atoms with Gasteiger partial charge in [0.1, 0.15) is 0 Å². The fraction of sp³-hybridized carbons (Fsp3) is 1.00. The van der Waals surface area contributed by atoms with Crippen LogP contribution in [0, 0.1) is 17.3 Å². The average molecular weight is 539 g/mol. The number of aliphatic hydroxyl groups is 4. The standard InChI is InChI=1S/C16H36O7P2.C5H12O4/c1-15(2)11-7-5-9-13-21-25(20,23-24(17,18)19)22-14-10-6-8-12-16(3)4;6-1-5(2-7,3-8)4-9/h15-16H,5-14H2,1-4H3,(H2,17,18,19);6-9H,1-4H2. The molecule has 6 N–H and O–H groups in total. The first-order valence-electron chi connectivity index (χ1n) is 11.9. The molecule has 0 spiro atoms. The fourth-order valence-electron chi connectivity index (χ4n) is 2.53. The maximum atomic E-state index is 12.4. The van der Waals surface area contributed by atoms with Crippen LogP contribution < -0.4 is 0 Å². The molecule has 0 amide bonds. The van der Waals surface area contributed by atoms with Crippen molar-refractivity contribution in [2.75, 3.05) is 39.6 Å². The molecule has 0 aliphatic carbocycles. The maximum Gasteiger partial charge on any atom is 0.483 e. The first kappa shape index (κ1) is 36.3. The van der Waals surface area contributed by atoms with E-state index in [9.17, 15) is 9.13 Å². The Morgan fingerprint density at radius 1 is 0.647 bits per heavy atom. The van der Waals surface area contributed by atoms with E-state index in [0.717, 1.165) is 38.5 Å². The molecule has 11 nitrogen and oxygen atoms in total. The minimum absolute atomic E-state index is 0.0860. The van der Waals surface area contributed by atoms with Gasteiger partial charge in [0.05, 0.1) is 45.1 Å². The number of phosphoric ester groups is 1. The zero-order chi connectivity index (χ0) is 26.7. The van der Waals surface area contributed by atoms with E-state index in [1.165, 1.54) is 0 Å². The first-order valence-corrected chi connectivity index (χ1v) is 14.9. The Kier molecular flexibility index (Phi) is 21.5. The highest BCUT2D eigenvalue weighted by atomic mass is 31.3. The van der Waals surface area contributed by atoms with Crippen molar-refractivity contribution in [1.82, 2.24) is 0 Å². The molecule has 0 rings (SSSR count). The molecule has 0 aromatic heterocycles. The van der Waals surface area contributed by atoms with Crippen LogP contribution in [0.15, 0.2) is 0 Å². The average Bonchev–Trinajstić information content (AvgIpc) is 2.74. The highest BCUT2D eigenvalue weighted by Gasteiger charge is 2.35. The van der Waals surface area contributed by atoms with Crippen molar-refractivity contribution < 1.29 is 52.7 Å². The van der Waals surface area contributed by atoms with E-state index in [2.05, 4.69) is 32.0 Å². The van der Waals surface area contributed by atoms with Gasteiger partial charge in [-0.25, -0.2) is 9.13 Å². The van der Waals surface area contributed by atoms with Gasteiger partial charge in [-0.15, -0.1) is 0 Å². The van der Waals surface area contributed by atoms with Crippen LogP contribution in [0.5, 0.6) is 0 Å². The number of rotatable bonds is 20. The Morgan fingerprint density at radius 3 is 1.24 bits per heavy atom. The molecule has 13 heteroatoms. The van der Waals surface area contributed by atoms with E-state index in [-0.39, 0.29) is 13.2 Å². The second kappa shape index (κ2) is 20.2. The summed E-state index contributed by atoms with van der Waals surface area (Å²) in [6.45, 7) is 7.13. The molecular formula is C21H48O11P2. The van der Waals surface area contributed by atoms with Crippen molar-refractivity contribution in [3.63, 3.8) is 0 Å². The van der Waals surface area contributed by atoms with Crippen LogP contribution in [0.3, 0.4) is 0 Å². The van der Waals surface area contributed by atoms with E-state index < -0.39 is 47.5 Å². The molecule has 0 aromatic carbocycles. The minimum Gasteiger partial charge on any atom is -0.396 e. The number of hydrogen-bond donors (Lipinski definition) is 6. The van der Waals surface area contributed by atoms with Crippen LogP contribution in [0.25, 0.3) is 0 Å². The van der Waals surface area contributed by atoms with Gasteiger partial charge in [0.15, 0.2) is 0 Å². The summed E-state index contributed by atoms with van der Waals surface area (Å²) in [5.74, 6) is 1.26. The Balaban J connectivity index is 0. The molecule has 0 fully saturated rings. The molecule has 0 saturated carbocycles. The van der Waals surface area contributed by atoms with Gasteiger partial charge in [-0.05, 0) is 24.7 Å². The van der Waals surface area contributed by atoms with Crippen LogP contribution >= 0.6 is 15.6 Å². The van der Waals surface area contributed by atoms with Gasteiger partial charge < -0.3 is 30.2 Å². The predicted molar refractivity (Wildman–Crippen MR) is 130 cm³/mol. The largest absolute Gasteiger partial charge is 0.483 e. The molecule has 0 radical (unpaired) electrons. The maximum absolute atomic E-state index is 12.4. The van der Waals surface area contributed by atoms with Crippen molar-refractivity contribution in [2.24, 2.45) is 17.3 Å². The number of unbranched alkanes of at least 4 members (excludes halogenated alkanes) is 4. The summed E-state index contributed by atoms with van der Waals surface area (Å²) in [5.41, 5.74) is -1.11. The van der Waals surface area contributed by atoms with Gasteiger partial charge >= 0.3 is 15.6 Å². The van der Waals surface area contributed by atoms with Crippen LogP contribution in [-0.4, -0.2) is 69.9 Å². The molecule has 0 aliphatic heterocycles. The quantitative estimate of drug-likeness (QED) is 0.0983. The summed E-state index contributed by atoms with van der Waals surface area (Å²) >= 11 is 0. The number of phosphoric acid groups is 2. The third-order valence-corrected chi connectivity index (χ3v) is 7.55. The Hall–Kier alpha value is 0.100. The third-order valence-electron chi connectivity index (χ3n) is 4.90. The summed E-state index contributed by atoms with van der Waals surface area (Å²) in [6, 6.07) is 0. The topological polar surface area (TPSA) is 183 Å². The summed E-state index contributed by atoms with van der Waals surface area (Å²) in [4.78, 5) is 17.8. The smallest absolute Gasteiger partial charge is 0.396 e. The molecule has 0 unspecified atom stereocenters. The number of hydrogen-bond acceptors (Lipinski definition) is 9. The molecule has 0 heterocycles. The number of aliphatic hydroxyl groups excluding tert-OH is 4. The van der Waals surface area contributed by atoms with E-state index in [4.69, 9.17) is 39.3 Å². The third kappa shape index (κ3) is 21.4. The van der Waals surface area contributed by atoms with Gasteiger partial charge in [0.2, 0.25) is 0 Å². The van der Waals surface area contributed by atoms with Crippen LogP contribution in [0.2, 0.25) is 0 Å². The van der Waals surface area contributed by atoms with Gasteiger partial charge in [-0.1, -0.05) is 66.2 Å². The first-order chi connectivity index (χ1) is 15.8. The van der Waals surface area contributed by atoms with E-state index in [1.807, 2.05) is 0 Å². The van der Waals surface area contributed by atoms with Crippen LogP contribution in [-0.2, 0) is 22.5 Å². The van der Waals surface area contributed by atoms with Gasteiger partial charge in [-0.2, -0.15) is 4.31 Å². The summed E-state index contributed by atoms with van der Waals surface area (Å²) in [5, 5.41) is 34.0. The SMILES string of the molecule is CC(C)CCCCCOP(=O)(OCCCCCC(C)C)OP(=O)(O)O.OCC(CO)(CO)CO. The summed E-state index contributed by atoms with van der Waals surface area (Å²) < 4.78 is 37.8. The summed E-state index contributed by atoms with van der Waals surface area (Å²) in [6.07, 6.45) is 7.32. The highest BCUT2D eigenvalue weighted by Crippen LogP contribution is 2.61. The lowest BCUT2D eigenvalue weighted by molar-refractivity contribution is -0.0328. The fourth-order valence-corrected chi connectivity index (χ4v) is 4.73. The Morgan fingerprint density at radius 2 is 1.00 bits per heavy atom. The molecule has 0 aromatic rings. The minimum atomic E-state index is -4.95. The van der Waals surface area contributed by atoms with E-state index in [1.54, 1.807) is 0 Å². The molecule has 0 saturated heterocycles. The Bertz CT molecular complexity index is 521. The van der Waals surface area contributed by atoms with Crippen LogP contribution in [0.1, 0.15) is 79.1 Å². The lowest BCUT2D eigenvalue weighted by atomic mass is 9.93. The molecule has 208 valence electrons. The van der Waals surface area contributed by atoms with E-state index >= 15 is 0 Å². The van der Waals surface area contributed by atoms with Crippen molar-refractivity contribution in [3.05, 3.63) is 0 Å². The molecule has 0 atom stereocenters. The van der Waals surface area contributed by atoms with Gasteiger partial charge in [-0.3, -0.25) is 9.05 Å². The summed E-state index contributed by atoms with van der Waals surface area (Å²) in [7, 11) is -9.19. The van der Waals surface area contributed by atoms with Crippen molar-refractivity contribution in [3.8, 4) is 0 Å². The van der Waals surface area contributed by atoms with Crippen molar-refractivity contribution >= 4 is 15.6 Å². The molecular weight excluding hydrogens is 490 g/mol. The van der Waals surface area contributed by atoms with Gasteiger partial charge in [0, 0.05) is 0 Å².